The number of nitrogens with zero attached hydrogens (tertiary/aromatic N) is 2. The van der Waals surface area contributed by atoms with Gasteiger partial charge in [-0.3, -0.25) is 13.9 Å². The van der Waals surface area contributed by atoms with Crippen LogP contribution in [0.3, 0.4) is 0 Å². The van der Waals surface area contributed by atoms with Crippen LogP contribution in [0.4, 0.5) is 5.69 Å². The van der Waals surface area contributed by atoms with Gasteiger partial charge in [-0.25, -0.2) is 8.42 Å². The first-order valence-electron chi connectivity index (χ1n) is 13.8. The predicted octanol–water partition coefficient (Wildman–Crippen LogP) is 6.38. The first kappa shape index (κ1) is 32.3. The number of sulfonamides is 1. The van der Waals surface area contributed by atoms with Crippen LogP contribution in [0.2, 0.25) is 5.02 Å². The second-order valence-electron chi connectivity index (χ2n) is 10.0. The molecule has 7 nitrogen and oxygen atoms in total. The molecule has 0 heterocycles. The van der Waals surface area contributed by atoms with Gasteiger partial charge in [-0.1, -0.05) is 87.7 Å². The Kier molecular flexibility index (Phi) is 11.0. The maximum Gasteiger partial charge on any atom is 0.264 e. The lowest BCUT2D eigenvalue weighted by Gasteiger charge is -2.33. The monoisotopic (exact) mass is 681 g/mol. The highest BCUT2D eigenvalue weighted by Crippen LogP contribution is 2.27. The molecule has 0 saturated heterocycles. The third-order valence-electron chi connectivity index (χ3n) is 6.89. The van der Waals surface area contributed by atoms with Gasteiger partial charge in [-0.2, -0.15) is 0 Å². The van der Waals surface area contributed by atoms with Crippen molar-refractivity contribution in [2.45, 2.75) is 37.8 Å². The Bertz CT molecular complexity index is 1630. The van der Waals surface area contributed by atoms with E-state index in [2.05, 4.69) is 21.2 Å². The second-order valence-corrected chi connectivity index (χ2v) is 13.3. The molecule has 224 valence electrons. The zero-order chi connectivity index (χ0) is 31.0. The first-order chi connectivity index (χ1) is 20.6. The van der Waals surface area contributed by atoms with Crippen LogP contribution in [0.25, 0.3) is 0 Å². The van der Waals surface area contributed by atoms with Gasteiger partial charge >= 0.3 is 0 Å². The fourth-order valence-electron chi connectivity index (χ4n) is 4.61. The number of halogens is 2. The van der Waals surface area contributed by atoms with E-state index in [0.717, 1.165) is 25.5 Å². The van der Waals surface area contributed by atoms with Gasteiger partial charge in [-0.05, 0) is 73.5 Å². The van der Waals surface area contributed by atoms with Gasteiger partial charge < -0.3 is 10.2 Å². The lowest BCUT2D eigenvalue weighted by molar-refractivity contribution is -0.140. The Morgan fingerprint density at radius 1 is 0.860 bits per heavy atom. The van der Waals surface area contributed by atoms with Crippen molar-refractivity contribution in [3.63, 3.8) is 0 Å². The summed E-state index contributed by atoms with van der Waals surface area (Å²) >= 11 is 9.52. The van der Waals surface area contributed by atoms with Crippen molar-refractivity contribution in [3.8, 4) is 0 Å². The van der Waals surface area contributed by atoms with Gasteiger partial charge in [0, 0.05) is 29.0 Å². The Hall–Kier alpha value is -3.66. The van der Waals surface area contributed by atoms with Crippen molar-refractivity contribution in [3.05, 3.63) is 129 Å². The van der Waals surface area contributed by atoms with E-state index in [-0.39, 0.29) is 23.8 Å². The molecule has 4 aromatic rings. The highest BCUT2D eigenvalue weighted by atomic mass is 79.9. The quantitative estimate of drug-likeness (QED) is 0.188. The molecule has 43 heavy (non-hydrogen) atoms. The maximum absolute atomic E-state index is 14.3. The summed E-state index contributed by atoms with van der Waals surface area (Å²) < 4.78 is 29.9. The fourth-order valence-corrected chi connectivity index (χ4v) is 6.41. The smallest absolute Gasteiger partial charge is 0.264 e. The van der Waals surface area contributed by atoms with E-state index in [4.69, 9.17) is 11.6 Å². The minimum absolute atomic E-state index is 0.0580. The molecule has 0 aliphatic rings. The molecular formula is C33H33BrClN3O4S. The third-order valence-corrected chi connectivity index (χ3v) is 9.46. The number of hydrogen-bond donors (Lipinski definition) is 1. The third kappa shape index (κ3) is 8.46. The number of rotatable bonds is 12. The largest absolute Gasteiger partial charge is 0.355 e. The van der Waals surface area contributed by atoms with Gasteiger partial charge in [-0.15, -0.1) is 0 Å². The van der Waals surface area contributed by atoms with E-state index in [1.54, 1.807) is 60.7 Å². The van der Waals surface area contributed by atoms with Gasteiger partial charge in [0.2, 0.25) is 11.8 Å². The van der Waals surface area contributed by atoms with E-state index in [1.165, 1.54) is 17.0 Å². The van der Waals surface area contributed by atoms with E-state index in [1.807, 2.05) is 44.2 Å². The standard InChI is InChI=1S/C33H33BrClN3O4S/c1-3-36-33(40)31(21-25-7-5-4-6-8-25)37(22-26-11-15-28(35)16-12-26)32(39)23-38(29-17-13-27(34)14-18-29)43(41,42)30-19-9-24(2)10-20-30/h4-20,31H,3,21-23H2,1-2H3,(H,36,40)/t31-/m0/s1. The number of likely N-dealkylation sites (N-methyl/N-ethyl adjacent to an activating group) is 1. The average Bonchev–Trinajstić information content (AvgIpc) is 3.00. The number of amides is 2. The molecular weight excluding hydrogens is 650 g/mol. The van der Waals surface area contributed by atoms with Crippen molar-refractivity contribution in [2.75, 3.05) is 17.4 Å². The second kappa shape index (κ2) is 14.7. The SMILES string of the molecule is CCNC(=O)[C@H](Cc1ccccc1)N(Cc1ccc(Cl)cc1)C(=O)CN(c1ccc(Br)cc1)S(=O)(=O)c1ccc(C)cc1. The molecule has 0 unspecified atom stereocenters. The highest BCUT2D eigenvalue weighted by molar-refractivity contribution is 9.10. The summed E-state index contributed by atoms with van der Waals surface area (Å²) in [7, 11) is -4.15. The normalized spacial score (nSPS) is 11.9. The summed E-state index contributed by atoms with van der Waals surface area (Å²) in [5.74, 6) is -0.856. The molecule has 1 N–H and O–H groups in total. The fraction of sp³-hybridized carbons (Fsp3) is 0.212. The van der Waals surface area contributed by atoms with Crippen LogP contribution in [0, 0.1) is 6.92 Å². The Balaban J connectivity index is 1.78. The van der Waals surface area contributed by atoms with E-state index < -0.39 is 28.5 Å². The summed E-state index contributed by atoms with van der Waals surface area (Å²) in [6, 6.07) is 28.7. The molecule has 0 saturated carbocycles. The number of aryl methyl sites for hydroxylation is 1. The zero-order valence-electron chi connectivity index (χ0n) is 23.9. The molecule has 0 spiro atoms. The van der Waals surface area contributed by atoms with Crippen LogP contribution in [-0.2, 0) is 32.6 Å². The van der Waals surface area contributed by atoms with Gasteiger partial charge in [0.1, 0.15) is 12.6 Å². The van der Waals surface area contributed by atoms with Crippen LogP contribution in [0.5, 0.6) is 0 Å². The van der Waals surface area contributed by atoms with Crippen molar-refractivity contribution in [2.24, 2.45) is 0 Å². The molecule has 0 aliphatic heterocycles. The van der Waals surface area contributed by atoms with Crippen molar-refractivity contribution >= 4 is 55.1 Å². The van der Waals surface area contributed by atoms with Gasteiger partial charge in [0.15, 0.2) is 0 Å². The number of nitrogens with one attached hydrogen (secondary N) is 1. The highest BCUT2D eigenvalue weighted by Gasteiger charge is 2.34. The first-order valence-corrected chi connectivity index (χ1v) is 16.4. The van der Waals surface area contributed by atoms with Crippen LogP contribution < -0.4 is 9.62 Å². The number of carbonyl (C=O) groups excluding carboxylic acids is 2. The maximum atomic E-state index is 14.3. The van der Waals surface area contributed by atoms with Crippen LogP contribution >= 0.6 is 27.5 Å². The van der Waals surface area contributed by atoms with Gasteiger partial charge in [0.05, 0.1) is 10.6 Å². The molecule has 2 amide bonds. The molecule has 1 atom stereocenters. The molecule has 0 radical (unpaired) electrons. The van der Waals surface area contributed by atoms with E-state index >= 15 is 0 Å². The van der Waals surface area contributed by atoms with E-state index in [9.17, 15) is 18.0 Å². The van der Waals surface area contributed by atoms with Crippen molar-refractivity contribution in [1.82, 2.24) is 10.2 Å². The molecule has 0 aliphatic carbocycles. The molecule has 0 fully saturated rings. The topological polar surface area (TPSA) is 86.8 Å². The summed E-state index contributed by atoms with van der Waals surface area (Å²) in [6.45, 7) is 3.61. The molecule has 0 bridgehead atoms. The zero-order valence-corrected chi connectivity index (χ0v) is 27.1. The average molecular weight is 683 g/mol. The van der Waals surface area contributed by atoms with Gasteiger partial charge in [0.25, 0.3) is 10.0 Å². The summed E-state index contributed by atoms with van der Waals surface area (Å²) in [5.41, 5.74) is 2.84. The minimum Gasteiger partial charge on any atom is -0.355 e. The predicted molar refractivity (Wildman–Crippen MR) is 174 cm³/mol. The number of hydrogen-bond acceptors (Lipinski definition) is 4. The van der Waals surface area contributed by atoms with Crippen LogP contribution in [0.15, 0.2) is 112 Å². The Morgan fingerprint density at radius 2 is 1.49 bits per heavy atom. The lowest BCUT2D eigenvalue weighted by Crippen LogP contribution is -2.53. The number of benzene rings is 4. The Labute approximate surface area is 266 Å². The lowest BCUT2D eigenvalue weighted by atomic mass is 10.0. The number of anilines is 1. The number of carbonyl (C=O) groups is 2. The summed E-state index contributed by atoms with van der Waals surface area (Å²) in [5, 5.41) is 3.40. The van der Waals surface area contributed by atoms with E-state index in [0.29, 0.717) is 17.3 Å². The van der Waals surface area contributed by atoms with Crippen LogP contribution in [-0.4, -0.2) is 44.3 Å². The molecule has 10 heteroatoms. The molecule has 4 aromatic carbocycles. The minimum atomic E-state index is -4.15. The Morgan fingerprint density at radius 3 is 2.09 bits per heavy atom. The van der Waals surface area contributed by atoms with Crippen molar-refractivity contribution in [1.29, 1.82) is 0 Å². The summed E-state index contributed by atoms with van der Waals surface area (Å²) in [6.07, 6.45) is 0.245. The molecule has 0 aromatic heterocycles. The molecule has 4 rings (SSSR count). The summed E-state index contributed by atoms with van der Waals surface area (Å²) in [4.78, 5) is 29.4. The van der Waals surface area contributed by atoms with Crippen molar-refractivity contribution < 1.29 is 18.0 Å². The van der Waals surface area contributed by atoms with Crippen LogP contribution in [0.1, 0.15) is 23.6 Å².